The van der Waals surface area contributed by atoms with Crippen LogP contribution in [0.5, 0.6) is 0 Å². The molecule has 0 radical (unpaired) electrons. The minimum atomic E-state index is -1.34. The number of para-hydroxylation sites is 3. The summed E-state index contributed by atoms with van der Waals surface area (Å²) < 4.78 is 5.90. The van der Waals surface area contributed by atoms with E-state index in [1.807, 2.05) is 96.8 Å². The van der Waals surface area contributed by atoms with E-state index in [4.69, 9.17) is 14.7 Å². The molecule has 2 spiro atoms. The van der Waals surface area contributed by atoms with Crippen molar-refractivity contribution in [1.82, 2.24) is 14.9 Å². The second-order valence-corrected chi connectivity index (χ2v) is 13.1. The lowest BCUT2D eigenvalue weighted by Gasteiger charge is -2.46. The first-order valence-corrected chi connectivity index (χ1v) is 16.6. The highest BCUT2D eigenvalue weighted by molar-refractivity contribution is 7.99. The molecule has 4 aromatic carbocycles. The number of hydrogen-bond acceptors (Lipinski definition) is 7. The van der Waals surface area contributed by atoms with E-state index in [1.165, 1.54) is 0 Å². The molecule has 0 N–H and O–H groups in total. The number of amides is 1. The number of benzene rings is 4. The molecular formula is C37H30N4O3S. The average molecular weight is 611 g/mol. The fraction of sp³-hybridized carbons (Fsp3) is 0.243. The molecule has 8 heteroatoms. The van der Waals surface area contributed by atoms with Gasteiger partial charge >= 0.3 is 5.97 Å². The molecule has 45 heavy (non-hydrogen) atoms. The maximum Gasteiger partial charge on any atom is 0.312 e. The van der Waals surface area contributed by atoms with Gasteiger partial charge in [0.1, 0.15) is 11.0 Å². The molecule has 1 aliphatic carbocycles. The number of esters is 1. The number of carbonyl (C=O) groups excluding carboxylic acids is 2. The summed E-state index contributed by atoms with van der Waals surface area (Å²) in [5.74, 6) is 0.172. The Morgan fingerprint density at radius 2 is 1.58 bits per heavy atom. The minimum Gasteiger partial charge on any atom is -0.466 e. The van der Waals surface area contributed by atoms with Gasteiger partial charge in [-0.1, -0.05) is 84.9 Å². The molecule has 3 aliphatic heterocycles. The molecule has 1 amide bonds. The van der Waals surface area contributed by atoms with Gasteiger partial charge in [-0.2, -0.15) is 0 Å². The van der Waals surface area contributed by atoms with Crippen LogP contribution in [-0.2, 0) is 31.8 Å². The summed E-state index contributed by atoms with van der Waals surface area (Å²) in [6.07, 6.45) is 0. The summed E-state index contributed by atoms with van der Waals surface area (Å²) in [5.41, 5.74) is 5.28. The second-order valence-electron chi connectivity index (χ2n) is 12.1. The summed E-state index contributed by atoms with van der Waals surface area (Å²) in [7, 11) is 0. The quantitative estimate of drug-likeness (QED) is 0.234. The molecule has 7 nitrogen and oxygen atoms in total. The van der Waals surface area contributed by atoms with Crippen molar-refractivity contribution >= 4 is 40.4 Å². The van der Waals surface area contributed by atoms with Crippen LogP contribution >= 0.6 is 11.8 Å². The summed E-state index contributed by atoms with van der Waals surface area (Å²) in [6.45, 7) is 2.46. The number of fused-ring (bicyclic) bond motifs is 11. The van der Waals surface area contributed by atoms with E-state index in [0.29, 0.717) is 18.2 Å². The lowest BCUT2D eigenvalue weighted by Crippen LogP contribution is -2.60. The molecule has 2 fully saturated rings. The van der Waals surface area contributed by atoms with E-state index < -0.39 is 16.9 Å². The highest BCUT2D eigenvalue weighted by Gasteiger charge is 2.81. The van der Waals surface area contributed by atoms with Crippen molar-refractivity contribution in [1.29, 1.82) is 0 Å². The number of ether oxygens (including phenoxy) is 1. The highest BCUT2D eigenvalue weighted by Crippen LogP contribution is 2.71. The zero-order valence-electron chi connectivity index (χ0n) is 24.7. The van der Waals surface area contributed by atoms with Crippen molar-refractivity contribution in [3.8, 4) is 11.3 Å². The lowest BCUT2D eigenvalue weighted by atomic mass is 9.58. The van der Waals surface area contributed by atoms with Crippen molar-refractivity contribution in [2.45, 2.75) is 30.5 Å². The fourth-order valence-electron chi connectivity index (χ4n) is 8.70. The van der Waals surface area contributed by atoms with Crippen LogP contribution < -0.4 is 4.90 Å². The monoisotopic (exact) mass is 610 g/mol. The molecule has 5 aromatic rings. The van der Waals surface area contributed by atoms with Crippen molar-refractivity contribution in [2.24, 2.45) is 5.92 Å². The Morgan fingerprint density at radius 1 is 0.889 bits per heavy atom. The van der Waals surface area contributed by atoms with Gasteiger partial charge in [0, 0.05) is 28.9 Å². The van der Waals surface area contributed by atoms with Crippen molar-refractivity contribution in [3.63, 3.8) is 0 Å². The van der Waals surface area contributed by atoms with Crippen LogP contribution in [0.3, 0.4) is 0 Å². The first kappa shape index (κ1) is 26.8. The maximum absolute atomic E-state index is 15.8. The van der Waals surface area contributed by atoms with Gasteiger partial charge in [0.2, 0.25) is 5.91 Å². The number of nitrogens with zero attached hydrogens (tertiary/aromatic N) is 4. The Morgan fingerprint density at radius 3 is 2.38 bits per heavy atom. The third-order valence-corrected chi connectivity index (χ3v) is 11.2. The van der Waals surface area contributed by atoms with E-state index in [0.717, 1.165) is 50.4 Å². The molecule has 0 saturated carbocycles. The molecule has 1 aromatic heterocycles. The smallest absolute Gasteiger partial charge is 0.312 e. The van der Waals surface area contributed by atoms with Crippen molar-refractivity contribution < 1.29 is 14.3 Å². The Balaban J connectivity index is 1.42. The van der Waals surface area contributed by atoms with E-state index in [2.05, 4.69) is 23.1 Å². The van der Waals surface area contributed by atoms with E-state index >= 15 is 4.79 Å². The third-order valence-electron chi connectivity index (χ3n) is 10.2. The first-order valence-electron chi connectivity index (χ1n) is 15.5. The van der Waals surface area contributed by atoms with Gasteiger partial charge in [-0.05, 0) is 41.8 Å². The third kappa shape index (κ3) is 3.26. The number of thioether (sulfide) groups is 1. The topological polar surface area (TPSA) is 75.6 Å². The molecule has 4 atom stereocenters. The fourth-order valence-corrected chi connectivity index (χ4v) is 10.0. The summed E-state index contributed by atoms with van der Waals surface area (Å²) in [4.78, 5) is 45.2. The SMILES string of the molecule is CCOC(=O)[C@H]1[C@@H]2CSCN2[C@@]2(c3ccccc3-c3nc4ccccc4nc32)[C@]12C(=O)N(Cc1ccccc1)c1ccccc12. The predicted octanol–water partition coefficient (Wildman–Crippen LogP) is 5.91. The van der Waals surface area contributed by atoms with Gasteiger partial charge in [-0.15, -0.1) is 11.8 Å². The van der Waals surface area contributed by atoms with Crippen LogP contribution in [0.1, 0.15) is 29.3 Å². The largest absolute Gasteiger partial charge is 0.466 e. The zero-order valence-corrected chi connectivity index (χ0v) is 25.5. The molecule has 0 bridgehead atoms. The van der Waals surface area contributed by atoms with Crippen LogP contribution in [0, 0.1) is 5.92 Å². The highest BCUT2D eigenvalue weighted by atomic mass is 32.2. The number of anilines is 1. The van der Waals surface area contributed by atoms with Crippen LogP contribution in [0.2, 0.25) is 0 Å². The van der Waals surface area contributed by atoms with Crippen LogP contribution in [0.15, 0.2) is 103 Å². The van der Waals surface area contributed by atoms with Crippen LogP contribution in [-0.4, -0.2) is 51.0 Å². The molecule has 0 unspecified atom stereocenters. The number of aromatic nitrogens is 2. The molecule has 222 valence electrons. The van der Waals surface area contributed by atoms with Gasteiger partial charge in [0.05, 0.1) is 41.5 Å². The maximum atomic E-state index is 15.8. The molecule has 4 heterocycles. The zero-order chi connectivity index (χ0) is 30.3. The van der Waals surface area contributed by atoms with Crippen LogP contribution in [0.25, 0.3) is 22.3 Å². The molecule has 9 rings (SSSR count). The molecule has 2 saturated heterocycles. The van der Waals surface area contributed by atoms with E-state index in [9.17, 15) is 4.79 Å². The Labute approximate surface area is 265 Å². The van der Waals surface area contributed by atoms with Gasteiger partial charge in [-0.3, -0.25) is 14.5 Å². The Bertz CT molecular complexity index is 2040. The Kier molecular flexibility index (Phi) is 5.80. The van der Waals surface area contributed by atoms with Crippen molar-refractivity contribution in [2.75, 3.05) is 23.1 Å². The number of hydrogen-bond donors (Lipinski definition) is 0. The number of rotatable bonds is 4. The predicted molar refractivity (Wildman–Crippen MR) is 175 cm³/mol. The average Bonchev–Trinajstić information content (AvgIpc) is 3.78. The lowest BCUT2D eigenvalue weighted by molar-refractivity contribution is -0.153. The molecule has 4 aliphatic rings. The van der Waals surface area contributed by atoms with E-state index in [-0.39, 0.29) is 24.5 Å². The summed E-state index contributed by atoms with van der Waals surface area (Å²) in [6, 6.07) is 34.0. The van der Waals surface area contributed by atoms with Gasteiger partial charge in [0.25, 0.3) is 0 Å². The molecular weight excluding hydrogens is 580 g/mol. The summed E-state index contributed by atoms with van der Waals surface area (Å²) >= 11 is 1.79. The van der Waals surface area contributed by atoms with Crippen molar-refractivity contribution in [3.05, 3.63) is 126 Å². The van der Waals surface area contributed by atoms with Gasteiger partial charge in [-0.25, -0.2) is 9.97 Å². The number of carbonyl (C=O) groups is 2. The normalized spacial score (nSPS) is 26.0. The first-order chi connectivity index (χ1) is 22.1. The second kappa shape index (κ2) is 9.73. The van der Waals surface area contributed by atoms with Gasteiger partial charge < -0.3 is 9.64 Å². The van der Waals surface area contributed by atoms with Crippen LogP contribution in [0.4, 0.5) is 5.69 Å². The minimum absolute atomic E-state index is 0.0948. The summed E-state index contributed by atoms with van der Waals surface area (Å²) in [5, 5.41) is 0. The van der Waals surface area contributed by atoms with Gasteiger partial charge in [0.15, 0.2) is 0 Å². The Hall–Kier alpha value is -4.53. The van der Waals surface area contributed by atoms with E-state index in [1.54, 1.807) is 11.8 Å². The standard InChI is InChI=1S/C37H30N4O3S/c1-2-44-34(42)31-30-21-45-22-41(30)37(25-15-7-6-14-24(25)32-33(37)39-28-18-10-9-17-27(28)38-32)36(31)26-16-8-11-19-29(26)40(35(36)43)20-23-12-4-3-5-13-23/h3-19,30-31H,2,20-22H2,1H3/t30-,31+,36-,37+/m0/s1.